The monoisotopic (exact) mass is 439 g/mol. The van der Waals surface area contributed by atoms with Gasteiger partial charge in [-0.15, -0.1) is 11.6 Å². The second-order valence-corrected chi connectivity index (χ2v) is 7.98. The third-order valence-electron chi connectivity index (χ3n) is 5.57. The first-order valence-corrected chi connectivity index (χ1v) is 11.1. The third kappa shape index (κ3) is 6.16. The molecule has 0 aromatic heterocycles. The van der Waals surface area contributed by atoms with Gasteiger partial charge in [0, 0.05) is 12.5 Å². The molecule has 4 nitrogen and oxygen atoms in total. The molecule has 3 aromatic carbocycles. The van der Waals surface area contributed by atoms with Crippen LogP contribution in [0.2, 0.25) is 0 Å². The Balaban J connectivity index is 1.82. The molecule has 0 radical (unpaired) electrons. The lowest BCUT2D eigenvalue weighted by Gasteiger charge is -2.24. The minimum absolute atomic E-state index is 0.128. The van der Waals surface area contributed by atoms with Gasteiger partial charge >= 0.3 is 0 Å². The molecular weight excluding hydrogens is 410 g/mol. The van der Waals surface area contributed by atoms with E-state index in [0.29, 0.717) is 6.61 Å². The lowest BCUT2D eigenvalue weighted by molar-refractivity contribution is 0.223. The summed E-state index contributed by atoms with van der Waals surface area (Å²) in [4.78, 5) is 2.32. The molecule has 0 aliphatic rings. The molecule has 0 aliphatic carbocycles. The molecule has 0 bridgehead atoms. The van der Waals surface area contributed by atoms with E-state index in [-0.39, 0.29) is 22.8 Å². The first-order chi connectivity index (χ1) is 15.0. The minimum atomic E-state index is -0.348. The van der Waals surface area contributed by atoms with Crippen molar-refractivity contribution < 1.29 is 14.9 Å². The zero-order chi connectivity index (χ0) is 22.2. The van der Waals surface area contributed by atoms with Crippen LogP contribution < -0.4 is 4.74 Å². The summed E-state index contributed by atoms with van der Waals surface area (Å²) >= 11 is 6.94. The van der Waals surface area contributed by atoms with Gasteiger partial charge in [-0.3, -0.25) is 0 Å². The van der Waals surface area contributed by atoms with Crippen molar-refractivity contribution in [1.82, 2.24) is 4.90 Å². The van der Waals surface area contributed by atoms with Gasteiger partial charge in [0.1, 0.15) is 23.9 Å². The van der Waals surface area contributed by atoms with Crippen molar-refractivity contribution in [3.8, 4) is 17.2 Å². The number of hydrogen-bond donors (Lipinski definition) is 2. The summed E-state index contributed by atoms with van der Waals surface area (Å²) < 4.78 is 5.92. The fourth-order valence-electron chi connectivity index (χ4n) is 3.67. The maximum atomic E-state index is 9.71. The van der Waals surface area contributed by atoms with Crippen LogP contribution in [0, 0.1) is 0 Å². The van der Waals surface area contributed by atoms with Crippen molar-refractivity contribution in [3.63, 3.8) is 0 Å². The average Bonchev–Trinajstić information content (AvgIpc) is 2.79. The summed E-state index contributed by atoms with van der Waals surface area (Å²) in [5.74, 6) is 1.13. The van der Waals surface area contributed by atoms with E-state index < -0.39 is 0 Å². The highest BCUT2D eigenvalue weighted by atomic mass is 35.5. The van der Waals surface area contributed by atoms with Crippen molar-refractivity contribution in [2.45, 2.75) is 25.1 Å². The molecule has 2 unspecified atom stereocenters. The van der Waals surface area contributed by atoms with Gasteiger partial charge in [-0.2, -0.15) is 0 Å². The topological polar surface area (TPSA) is 52.9 Å². The molecule has 0 fully saturated rings. The fraction of sp³-hybridized carbons (Fsp3) is 0.308. The quantitative estimate of drug-likeness (QED) is 0.384. The molecule has 3 aromatic rings. The standard InChI is InChI=1S/C26H30ClNO3/c1-3-28(4-2)17-18-31-24-15-9-20(10-16-24)25(19-5-11-22(29)12-6-19)26(27)21-7-13-23(30)14-8-21/h5-16,25-26,29-30H,3-4,17-18H2,1-2H3. The predicted octanol–water partition coefficient (Wildman–Crippen LogP) is 5.93. The van der Waals surface area contributed by atoms with Crippen molar-refractivity contribution >= 4 is 11.6 Å². The van der Waals surface area contributed by atoms with Crippen molar-refractivity contribution in [2.75, 3.05) is 26.2 Å². The number of aromatic hydroxyl groups is 2. The number of likely N-dealkylation sites (N-methyl/N-ethyl adjacent to an activating group) is 1. The Morgan fingerprint density at radius 2 is 1.19 bits per heavy atom. The summed E-state index contributed by atoms with van der Waals surface area (Å²) in [5, 5.41) is 19.0. The molecule has 0 saturated carbocycles. The minimum Gasteiger partial charge on any atom is -0.508 e. The highest BCUT2D eigenvalue weighted by Crippen LogP contribution is 2.42. The maximum Gasteiger partial charge on any atom is 0.119 e. The SMILES string of the molecule is CCN(CC)CCOc1ccc(C(c2ccc(O)cc2)C(Cl)c2ccc(O)cc2)cc1. The molecule has 2 N–H and O–H groups in total. The van der Waals surface area contributed by atoms with Crippen LogP contribution in [0.5, 0.6) is 17.2 Å². The van der Waals surface area contributed by atoms with Crippen molar-refractivity contribution in [3.05, 3.63) is 89.5 Å². The molecule has 0 saturated heterocycles. The zero-order valence-corrected chi connectivity index (χ0v) is 18.8. The Morgan fingerprint density at radius 1 is 0.742 bits per heavy atom. The molecule has 3 rings (SSSR count). The van der Waals surface area contributed by atoms with Crippen LogP contribution >= 0.6 is 11.6 Å². The van der Waals surface area contributed by atoms with E-state index in [9.17, 15) is 10.2 Å². The van der Waals surface area contributed by atoms with Gasteiger partial charge in [-0.05, 0) is 66.2 Å². The molecule has 0 heterocycles. The van der Waals surface area contributed by atoms with E-state index in [4.69, 9.17) is 16.3 Å². The zero-order valence-electron chi connectivity index (χ0n) is 18.0. The van der Waals surface area contributed by atoms with E-state index >= 15 is 0 Å². The summed E-state index contributed by atoms with van der Waals surface area (Å²) in [6.45, 7) is 7.88. The summed E-state index contributed by atoms with van der Waals surface area (Å²) in [6, 6.07) is 22.1. The van der Waals surface area contributed by atoms with E-state index in [0.717, 1.165) is 42.1 Å². The van der Waals surface area contributed by atoms with Gasteiger partial charge in [0.05, 0.1) is 5.38 Å². The number of alkyl halides is 1. The lowest BCUT2D eigenvalue weighted by atomic mass is 9.85. The third-order valence-corrected chi connectivity index (χ3v) is 6.07. The first-order valence-electron chi connectivity index (χ1n) is 10.7. The van der Waals surface area contributed by atoms with E-state index in [1.165, 1.54) is 0 Å². The number of nitrogens with zero attached hydrogens (tertiary/aromatic N) is 1. The van der Waals surface area contributed by atoms with Crippen LogP contribution in [0.15, 0.2) is 72.8 Å². The first kappa shape index (κ1) is 23.0. The Bertz CT molecular complexity index is 922. The van der Waals surface area contributed by atoms with Gasteiger partial charge in [-0.25, -0.2) is 0 Å². The second-order valence-electron chi connectivity index (χ2n) is 7.51. The van der Waals surface area contributed by atoms with Gasteiger partial charge in [-0.1, -0.05) is 50.2 Å². The van der Waals surface area contributed by atoms with Gasteiger partial charge in [0.15, 0.2) is 0 Å². The Hall–Kier alpha value is -2.69. The van der Waals surface area contributed by atoms with Gasteiger partial charge < -0.3 is 19.8 Å². The Morgan fingerprint density at radius 3 is 1.68 bits per heavy atom. The smallest absolute Gasteiger partial charge is 0.119 e. The molecule has 164 valence electrons. The number of hydrogen-bond acceptors (Lipinski definition) is 4. The van der Waals surface area contributed by atoms with E-state index in [2.05, 4.69) is 18.7 Å². The van der Waals surface area contributed by atoms with Crippen LogP contribution in [0.4, 0.5) is 0 Å². The number of ether oxygens (including phenoxy) is 1. The molecule has 2 atom stereocenters. The molecule has 31 heavy (non-hydrogen) atoms. The summed E-state index contributed by atoms with van der Waals surface area (Å²) in [5.41, 5.74) is 2.97. The number of rotatable bonds is 10. The van der Waals surface area contributed by atoms with Crippen LogP contribution in [0.25, 0.3) is 0 Å². The highest BCUT2D eigenvalue weighted by Gasteiger charge is 2.25. The number of phenolic OH excluding ortho intramolecular Hbond substituents is 2. The molecular formula is C26H30ClNO3. The summed E-state index contributed by atoms with van der Waals surface area (Å²) in [7, 11) is 0. The normalized spacial score (nSPS) is 13.2. The number of halogens is 1. The molecule has 0 spiro atoms. The Labute approximate surface area is 189 Å². The second kappa shape index (κ2) is 11.1. The number of benzene rings is 3. The van der Waals surface area contributed by atoms with E-state index in [1.807, 2.05) is 48.5 Å². The Kier molecular flexibility index (Phi) is 8.21. The van der Waals surface area contributed by atoms with Crippen LogP contribution in [0.3, 0.4) is 0 Å². The summed E-state index contributed by atoms with van der Waals surface area (Å²) in [6.07, 6.45) is 0. The highest BCUT2D eigenvalue weighted by molar-refractivity contribution is 6.21. The van der Waals surface area contributed by atoms with Crippen molar-refractivity contribution in [2.24, 2.45) is 0 Å². The fourth-order valence-corrected chi connectivity index (χ4v) is 4.10. The lowest BCUT2D eigenvalue weighted by Crippen LogP contribution is -2.27. The van der Waals surface area contributed by atoms with E-state index in [1.54, 1.807) is 24.3 Å². The van der Waals surface area contributed by atoms with Gasteiger partial charge in [0.25, 0.3) is 0 Å². The molecule has 0 aliphatic heterocycles. The van der Waals surface area contributed by atoms with Crippen molar-refractivity contribution in [1.29, 1.82) is 0 Å². The molecule has 0 amide bonds. The van der Waals surface area contributed by atoms with Crippen LogP contribution in [-0.4, -0.2) is 41.4 Å². The maximum absolute atomic E-state index is 9.71. The number of phenols is 2. The van der Waals surface area contributed by atoms with Crippen LogP contribution in [-0.2, 0) is 0 Å². The van der Waals surface area contributed by atoms with Gasteiger partial charge in [0.2, 0.25) is 0 Å². The van der Waals surface area contributed by atoms with Crippen LogP contribution in [0.1, 0.15) is 41.8 Å². The largest absolute Gasteiger partial charge is 0.508 e. The average molecular weight is 440 g/mol. The molecule has 5 heteroatoms. The predicted molar refractivity (Wildman–Crippen MR) is 126 cm³/mol.